The third-order valence-corrected chi connectivity index (χ3v) is 5.72. The molecule has 2 heterocycles. The Kier molecular flexibility index (Phi) is 5.81. The van der Waals surface area contributed by atoms with Crippen LogP contribution in [0.4, 0.5) is 10.1 Å². The van der Waals surface area contributed by atoms with Gasteiger partial charge in [-0.15, -0.1) is 0 Å². The number of piperazine rings is 1. The van der Waals surface area contributed by atoms with E-state index < -0.39 is 11.2 Å². The maximum Gasteiger partial charge on any atom is 0.207 e. The number of rotatable bonds is 5. The lowest BCUT2D eigenvalue weighted by molar-refractivity contribution is 0.312. The van der Waals surface area contributed by atoms with E-state index in [-0.39, 0.29) is 10.9 Å². The van der Waals surface area contributed by atoms with Gasteiger partial charge in [0.15, 0.2) is 0 Å². The maximum atomic E-state index is 14.9. The predicted molar refractivity (Wildman–Crippen MR) is 107 cm³/mol. The topological polar surface area (TPSA) is 52.3 Å². The van der Waals surface area contributed by atoms with Gasteiger partial charge in [-0.25, -0.2) is 4.39 Å². The fourth-order valence-electron chi connectivity index (χ4n) is 3.74. The summed E-state index contributed by atoms with van der Waals surface area (Å²) in [6, 6.07) is 5.08. The molecule has 0 amide bonds. The fourth-order valence-corrected chi connectivity index (χ4v) is 3.74. The number of likely N-dealkylation sites (N-methyl/N-ethyl adjacent to an activating group) is 1. The first-order valence-corrected chi connectivity index (χ1v) is 9.68. The summed E-state index contributed by atoms with van der Waals surface area (Å²) in [5, 5.41) is 9.62. The van der Waals surface area contributed by atoms with Crippen molar-refractivity contribution in [2.75, 3.05) is 38.1 Å². The number of hydrogen-bond donors (Lipinski definition) is 0. The standard InChI is InChI=1S/C21H27FN4O/c1-4-15(5-2)13-26-14-16(12-23)21(27)17-10-18(22)20(11-19(17)26)25-8-6-24(3)7-9-25/h10-11,14-15H,4-9,13H2,1-3H3. The number of anilines is 1. The molecule has 0 bridgehead atoms. The van der Waals surface area contributed by atoms with E-state index in [2.05, 4.69) is 25.8 Å². The number of benzene rings is 1. The maximum absolute atomic E-state index is 14.9. The second-order valence-electron chi connectivity index (χ2n) is 7.43. The van der Waals surface area contributed by atoms with Crippen LogP contribution in [-0.4, -0.2) is 42.7 Å². The SMILES string of the molecule is CCC(CC)Cn1cc(C#N)c(=O)c2cc(F)c(N3CCN(C)CC3)cc21. The first kappa shape index (κ1) is 19.4. The summed E-state index contributed by atoms with van der Waals surface area (Å²) >= 11 is 0. The molecule has 0 aliphatic carbocycles. The molecule has 0 unspecified atom stereocenters. The van der Waals surface area contributed by atoms with Crippen LogP contribution >= 0.6 is 0 Å². The molecule has 0 radical (unpaired) electrons. The molecule has 1 fully saturated rings. The quantitative estimate of drug-likeness (QED) is 0.811. The molecule has 1 aromatic carbocycles. The van der Waals surface area contributed by atoms with E-state index in [1.165, 1.54) is 6.07 Å². The number of nitrogens with zero attached hydrogens (tertiary/aromatic N) is 4. The van der Waals surface area contributed by atoms with Crippen molar-refractivity contribution in [1.29, 1.82) is 5.26 Å². The van der Waals surface area contributed by atoms with Crippen molar-refractivity contribution < 1.29 is 4.39 Å². The third-order valence-electron chi connectivity index (χ3n) is 5.72. The summed E-state index contributed by atoms with van der Waals surface area (Å²) in [5.74, 6) is 0.0488. The van der Waals surface area contributed by atoms with Gasteiger partial charge in [-0.2, -0.15) is 5.26 Å². The molecular formula is C21H27FN4O. The van der Waals surface area contributed by atoms with Crippen molar-refractivity contribution in [1.82, 2.24) is 9.47 Å². The van der Waals surface area contributed by atoms with Crippen LogP contribution in [-0.2, 0) is 6.54 Å². The van der Waals surface area contributed by atoms with Crippen LogP contribution in [0.2, 0.25) is 0 Å². The summed E-state index contributed by atoms with van der Waals surface area (Å²) in [7, 11) is 2.06. The van der Waals surface area contributed by atoms with Crippen LogP contribution in [0.5, 0.6) is 0 Å². The van der Waals surface area contributed by atoms with Gasteiger partial charge < -0.3 is 14.4 Å². The van der Waals surface area contributed by atoms with Crippen molar-refractivity contribution in [3.63, 3.8) is 0 Å². The molecule has 5 nitrogen and oxygen atoms in total. The summed E-state index contributed by atoms with van der Waals surface area (Å²) in [4.78, 5) is 16.9. The lowest BCUT2D eigenvalue weighted by Gasteiger charge is -2.34. The molecule has 0 atom stereocenters. The van der Waals surface area contributed by atoms with E-state index >= 15 is 0 Å². The minimum Gasteiger partial charge on any atom is -0.367 e. The normalized spacial score (nSPS) is 15.5. The van der Waals surface area contributed by atoms with E-state index in [4.69, 9.17) is 0 Å². The molecule has 1 aliphatic rings. The Bertz CT molecular complexity index is 918. The van der Waals surface area contributed by atoms with Gasteiger partial charge in [0.1, 0.15) is 17.4 Å². The summed E-state index contributed by atoms with van der Waals surface area (Å²) in [5.41, 5.74) is 0.927. The van der Waals surface area contributed by atoms with Gasteiger partial charge in [-0.3, -0.25) is 4.79 Å². The largest absolute Gasteiger partial charge is 0.367 e. The number of aromatic nitrogens is 1. The summed E-state index contributed by atoms with van der Waals surface area (Å²) in [6.07, 6.45) is 3.66. The van der Waals surface area contributed by atoms with Gasteiger partial charge in [-0.1, -0.05) is 26.7 Å². The zero-order chi connectivity index (χ0) is 19.6. The Morgan fingerprint density at radius 1 is 1.19 bits per heavy atom. The van der Waals surface area contributed by atoms with Gasteiger partial charge in [0.25, 0.3) is 0 Å². The first-order valence-electron chi connectivity index (χ1n) is 9.68. The Morgan fingerprint density at radius 3 is 2.44 bits per heavy atom. The highest BCUT2D eigenvalue weighted by Gasteiger charge is 2.20. The minimum absolute atomic E-state index is 0.0696. The Balaban J connectivity index is 2.15. The van der Waals surface area contributed by atoms with E-state index in [0.717, 1.165) is 39.0 Å². The molecule has 0 N–H and O–H groups in total. The van der Waals surface area contributed by atoms with E-state index in [9.17, 15) is 14.4 Å². The molecule has 6 heteroatoms. The predicted octanol–water partition coefficient (Wildman–Crippen LogP) is 3.20. The van der Waals surface area contributed by atoms with Crippen molar-refractivity contribution in [2.24, 2.45) is 5.92 Å². The number of halogens is 1. The summed E-state index contributed by atoms with van der Waals surface area (Å²) < 4.78 is 16.8. The van der Waals surface area contributed by atoms with Crippen molar-refractivity contribution >= 4 is 16.6 Å². The van der Waals surface area contributed by atoms with Crippen molar-refractivity contribution in [3.8, 4) is 6.07 Å². The second kappa shape index (κ2) is 8.10. The number of nitriles is 1. The molecule has 0 saturated carbocycles. The summed E-state index contributed by atoms with van der Waals surface area (Å²) in [6.45, 7) is 8.26. The van der Waals surface area contributed by atoms with E-state index in [0.29, 0.717) is 23.7 Å². The van der Waals surface area contributed by atoms with Crippen molar-refractivity contribution in [3.05, 3.63) is 39.9 Å². The molecule has 27 heavy (non-hydrogen) atoms. The number of fused-ring (bicyclic) bond motifs is 1. The van der Waals surface area contributed by atoms with Gasteiger partial charge >= 0.3 is 0 Å². The lowest BCUT2D eigenvalue weighted by atomic mass is 10.0. The Morgan fingerprint density at radius 2 is 1.85 bits per heavy atom. The van der Waals surface area contributed by atoms with Gasteiger partial charge in [-0.05, 0) is 25.1 Å². The van der Waals surface area contributed by atoms with E-state index in [1.54, 1.807) is 12.3 Å². The van der Waals surface area contributed by atoms with Crippen LogP contribution in [0.3, 0.4) is 0 Å². The molecule has 1 aliphatic heterocycles. The molecule has 3 rings (SSSR count). The molecule has 1 saturated heterocycles. The average Bonchev–Trinajstić information content (AvgIpc) is 2.68. The smallest absolute Gasteiger partial charge is 0.207 e. The molecule has 2 aromatic rings. The van der Waals surface area contributed by atoms with Crippen LogP contribution < -0.4 is 10.3 Å². The zero-order valence-corrected chi connectivity index (χ0v) is 16.3. The highest BCUT2D eigenvalue weighted by Crippen LogP contribution is 2.27. The number of pyridine rings is 1. The number of hydrogen-bond acceptors (Lipinski definition) is 4. The monoisotopic (exact) mass is 370 g/mol. The highest BCUT2D eigenvalue weighted by molar-refractivity contribution is 5.84. The van der Waals surface area contributed by atoms with Crippen LogP contribution in [0.15, 0.2) is 23.1 Å². The lowest BCUT2D eigenvalue weighted by Crippen LogP contribution is -2.44. The van der Waals surface area contributed by atoms with Gasteiger partial charge in [0.05, 0.1) is 16.6 Å². The second-order valence-corrected chi connectivity index (χ2v) is 7.43. The highest BCUT2D eigenvalue weighted by atomic mass is 19.1. The van der Waals surface area contributed by atoms with Gasteiger partial charge in [0.2, 0.25) is 5.43 Å². The third kappa shape index (κ3) is 3.84. The molecule has 1 aromatic heterocycles. The van der Waals surface area contributed by atoms with E-state index in [1.807, 2.05) is 15.5 Å². The Labute approximate surface area is 159 Å². The molecule has 144 valence electrons. The minimum atomic E-state index is -0.395. The average molecular weight is 370 g/mol. The fraction of sp³-hybridized carbons (Fsp3) is 0.524. The van der Waals surface area contributed by atoms with Crippen molar-refractivity contribution in [2.45, 2.75) is 33.2 Å². The molecule has 0 spiro atoms. The van der Waals surface area contributed by atoms with Crippen LogP contribution in [0.1, 0.15) is 32.3 Å². The van der Waals surface area contributed by atoms with Crippen LogP contribution in [0.25, 0.3) is 10.9 Å². The van der Waals surface area contributed by atoms with Crippen LogP contribution in [0, 0.1) is 23.1 Å². The molecular weight excluding hydrogens is 343 g/mol. The zero-order valence-electron chi connectivity index (χ0n) is 16.3. The van der Waals surface area contributed by atoms with Gasteiger partial charge in [0, 0.05) is 38.9 Å². The first-order chi connectivity index (χ1) is 13.0. The Hall–Kier alpha value is -2.39.